The number of aromatic nitrogens is 7. The van der Waals surface area contributed by atoms with Crippen LogP contribution < -0.4 is 0 Å². The number of tetrazole rings is 1. The van der Waals surface area contributed by atoms with Crippen LogP contribution in [0.5, 0.6) is 0 Å². The molecule has 0 unspecified atom stereocenters. The van der Waals surface area contributed by atoms with E-state index in [1.165, 1.54) is 36.3 Å². The Morgan fingerprint density at radius 1 is 0.935 bits per heavy atom. The third-order valence-corrected chi connectivity index (χ3v) is 5.43. The number of H-pyrrole nitrogens is 1. The van der Waals surface area contributed by atoms with Crippen molar-refractivity contribution in [1.82, 2.24) is 35.2 Å². The molecule has 0 fully saturated rings. The van der Waals surface area contributed by atoms with Crippen molar-refractivity contribution in [2.45, 2.75) is 58.9 Å². The minimum Gasteiger partial charge on any atom is -0.330 e. The smallest absolute Gasteiger partial charge is 0.180 e. The van der Waals surface area contributed by atoms with E-state index in [-0.39, 0.29) is 0 Å². The highest BCUT2D eigenvalue weighted by Crippen LogP contribution is 2.28. The lowest BCUT2D eigenvalue weighted by atomic mass is 10.0. The predicted octanol–water partition coefficient (Wildman–Crippen LogP) is 4.86. The highest BCUT2D eigenvalue weighted by atomic mass is 15.5. The molecule has 0 saturated carbocycles. The Morgan fingerprint density at radius 3 is 2.45 bits per heavy atom. The fraction of sp³-hybridized carbons (Fsp3) is 0.375. The maximum Gasteiger partial charge on any atom is 0.180 e. The summed E-state index contributed by atoms with van der Waals surface area (Å²) in [5.74, 6) is 1.82. The van der Waals surface area contributed by atoms with Gasteiger partial charge in [-0.1, -0.05) is 57.0 Å². The summed E-state index contributed by atoms with van der Waals surface area (Å²) in [5, 5.41) is 14.3. The van der Waals surface area contributed by atoms with E-state index in [0.717, 1.165) is 42.6 Å². The van der Waals surface area contributed by atoms with Crippen LogP contribution in [0.2, 0.25) is 0 Å². The van der Waals surface area contributed by atoms with Gasteiger partial charge in [-0.15, -0.1) is 5.10 Å². The van der Waals surface area contributed by atoms with Crippen molar-refractivity contribution < 1.29 is 0 Å². The van der Waals surface area contributed by atoms with Crippen LogP contribution >= 0.6 is 0 Å². The van der Waals surface area contributed by atoms with Gasteiger partial charge >= 0.3 is 0 Å². The van der Waals surface area contributed by atoms with E-state index < -0.39 is 0 Å². The molecule has 0 amide bonds. The van der Waals surface area contributed by atoms with E-state index in [0.29, 0.717) is 5.82 Å². The lowest BCUT2D eigenvalue weighted by Gasteiger charge is -2.09. The summed E-state index contributed by atoms with van der Waals surface area (Å²) in [6, 6.07) is 12.2. The van der Waals surface area contributed by atoms with E-state index in [9.17, 15) is 0 Å². The minimum absolute atomic E-state index is 0.639. The van der Waals surface area contributed by atoms with Crippen LogP contribution in [0.1, 0.15) is 56.6 Å². The summed E-state index contributed by atoms with van der Waals surface area (Å²) in [4.78, 5) is 9.65. The van der Waals surface area contributed by atoms with Crippen molar-refractivity contribution in [2.24, 2.45) is 0 Å². The van der Waals surface area contributed by atoms with Gasteiger partial charge in [-0.05, 0) is 41.3 Å². The molecule has 1 N–H and O–H groups in total. The Balaban J connectivity index is 1.55. The molecule has 0 spiro atoms. The number of pyridine rings is 1. The quantitative estimate of drug-likeness (QED) is 0.400. The van der Waals surface area contributed by atoms with Crippen LogP contribution in [-0.2, 0) is 19.4 Å². The number of benzene rings is 1. The topological polar surface area (TPSA) is 85.2 Å². The van der Waals surface area contributed by atoms with Crippen molar-refractivity contribution in [3.05, 3.63) is 65.9 Å². The lowest BCUT2D eigenvalue weighted by molar-refractivity contribution is 0.677. The van der Waals surface area contributed by atoms with Crippen LogP contribution in [-0.4, -0.2) is 35.2 Å². The molecule has 3 aromatic heterocycles. The number of unbranched alkanes of at least 4 members (excludes halogenated alkanes) is 2. The molecule has 0 atom stereocenters. The van der Waals surface area contributed by atoms with Gasteiger partial charge in [0.2, 0.25) is 0 Å². The SMILES string of the molecule is CCCCc1cn(Cc2ccc(-c3ccccc3-c3nnn[nH]3)nc2)c(CCCC)n1. The summed E-state index contributed by atoms with van der Waals surface area (Å²) in [6.45, 7) is 5.24. The molecule has 160 valence electrons. The molecule has 0 aliphatic heterocycles. The van der Waals surface area contributed by atoms with Crippen LogP contribution in [0, 0.1) is 0 Å². The maximum atomic E-state index is 4.91. The normalized spacial score (nSPS) is 11.2. The van der Waals surface area contributed by atoms with Crippen molar-refractivity contribution >= 4 is 0 Å². The first-order valence-corrected chi connectivity index (χ1v) is 11.1. The summed E-state index contributed by atoms with van der Waals surface area (Å²) in [6.07, 6.45) is 11.0. The largest absolute Gasteiger partial charge is 0.330 e. The van der Waals surface area contributed by atoms with Crippen LogP contribution in [0.25, 0.3) is 22.6 Å². The summed E-state index contributed by atoms with van der Waals surface area (Å²) >= 11 is 0. The molecule has 0 bridgehead atoms. The summed E-state index contributed by atoms with van der Waals surface area (Å²) in [5.41, 5.74) is 5.20. The van der Waals surface area contributed by atoms with Gasteiger partial charge in [0, 0.05) is 29.9 Å². The number of imidazole rings is 1. The molecule has 4 rings (SSSR count). The first-order valence-electron chi connectivity index (χ1n) is 11.1. The molecule has 0 radical (unpaired) electrons. The fourth-order valence-electron chi connectivity index (χ4n) is 3.72. The van der Waals surface area contributed by atoms with Gasteiger partial charge in [-0.2, -0.15) is 0 Å². The molecule has 0 saturated heterocycles. The molecule has 4 aromatic rings. The second kappa shape index (κ2) is 10.1. The Bertz CT molecular complexity index is 1080. The zero-order valence-electron chi connectivity index (χ0n) is 18.3. The molecular formula is C24H29N7. The van der Waals surface area contributed by atoms with Crippen LogP contribution in [0.15, 0.2) is 48.8 Å². The molecule has 0 aliphatic rings. The van der Waals surface area contributed by atoms with Crippen molar-refractivity contribution in [1.29, 1.82) is 0 Å². The third-order valence-electron chi connectivity index (χ3n) is 5.43. The average molecular weight is 416 g/mol. The molecule has 31 heavy (non-hydrogen) atoms. The number of rotatable bonds is 10. The zero-order chi connectivity index (χ0) is 21.5. The highest BCUT2D eigenvalue weighted by molar-refractivity contribution is 5.78. The molecular weight excluding hydrogens is 386 g/mol. The number of nitrogens with zero attached hydrogens (tertiary/aromatic N) is 6. The predicted molar refractivity (Wildman–Crippen MR) is 121 cm³/mol. The number of hydrogen-bond acceptors (Lipinski definition) is 5. The van der Waals surface area contributed by atoms with E-state index in [1.807, 2.05) is 30.5 Å². The van der Waals surface area contributed by atoms with Gasteiger partial charge in [-0.25, -0.2) is 10.1 Å². The van der Waals surface area contributed by atoms with Crippen molar-refractivity contribution in [2.75, 3.05) is 0 Å². The van der Waals surface area contributed by atoms with E-state index in [1.54, 1.807) is 0 Å². The second-order valence-electron chi connectivity index (χ2n) is 7.83. The standard InChI is InChI=1S/C24H29N7/c1-3-5-9-19-17-31(23(26-19)12-6-4-2)16-18-13-14-22(25-15-18)20-10-7-8-11-21(20)24-27-29-30-28-24/h7-8,10-11,13-15,17H,3-6,9,12,16H2,1-2H3,(H,27,28,29,30). The molecule has 1 aromatic carbocycles. The fourth-order valence-corrected chi connectivity index (χ4v) is 3.72. The van der Waals surface area contributed by atoms with Gasteiger partial charge in [-0.3, -0.25) is 4.98 Å². The number of aromatic amines is 1. The van der Waals surface area contributed by atoms with Gasteiger partial charge in [0.05, 0.1) is 17.9 Å². The Morgan fingerprint density at radius 2 is 1.74 bits per heavy atom. The number of hydrogen-bond donors (Lipinski definition) is 1. The monoisotopic (exact) mass is 415 g/mol. The first kappa shape index (κ1) is 20.9. The van der Waals surface area contributed by atoms with Gasteiger partial charge < -0.3 is 4.57 Å². The Kier molecular flexibility index (Phi) is 6.82. The number of nitrogens with one attached hydrogen (secondary N) is 1. The van der Waals surface area contributed by atoms with Crippen LogP contribution in [0.3, 0.4) is 0 Å². The summed E-state index contributed by atoms with van der Waals surface area (Å²) < 4.78 is 2.30. The van der Waals surface area contributed by atoms with Crippen molar-refractivity contribution in [3.63, 3.8) is 0 Å². The average Bonchev–Trinajstić information content (AvgIpc) is 3.47. The van der Waals surface area contributed by atoms with E-state index in [4.69, 9.17) is 9.97 Å². The van der Waals surface area contributed by atoms with Crippen LogP contribution in [0.4, 0.5) is 0 Å². The molecule has 7 heteroatoms. The molecule has 3 heterocycles. The van der Waals surface area contributed by atoms with Gasteiger partial charge in [0.25, 0.3) is 0 Å². The molecule has 0 aliphatic carbocycles. The number of aryl methyl sites for hydroxylation is 2. The third kappa shape index (κ3) is 5.05. The Hall–Kier alpha value is -3.35. The maximum absolute atomic E-state index is 4.91. The van der Waals surface area contributed by atoms with Crippen molar-refractivity contribution in [3.8, 4) is 22.6 Å². The minimum atomic E-state index is 0.639. The summed E-state index contributed by atoms with van der Waals surface area (Å²) in [7, 11) is 0. The molecule has 7 nitrogen and oxygen atoms in total. The highest BCUT2D eigenvalue weighted by Gasteiger charge is 2.12. The second-order valence-corrected chi connectivity index (χ2v) is 7.83. The Labute approximate surface area is 183 Å². The first-order chi connectivity index (χ1) is 15.3. The van der Waals surface area contributed by atoms with Gasteiger partial charge in [0.1, 0.15) is 5.82 Å². The van der Waals surface area contributed by atoms with E-state index >= 15 is 0 Å². The van der Waals surface area contributed by atoms with Gasteiger partial charge in [0.15, 0.2) is 5.82 Å². The zero-order valence-corrected chi connectivity index (χ0v) is 18.3. The lowest BCUT2D eigenvalue weighted by Crippen LogP contribution is -2.05. The van der Waals surface area contributed by atoms with E-state index in [2.05, 4.69) is 57.4 Å².